The van der Waals surface area contributed by atoms with Crippen LogP contribution in [-0.2, 0) is 16.8 Å². The van der Waals surface area contributed by atoms with Crippen LogP contribution < -0.4 is 5.73 Å². The molecule has 1 aliphatic heterocycles. The van der Waals surface area contributed by atoms with Crippen LogP contribution in [0.1, 0.15) is 24.0 Å². The van der Waals surface area contributed by atoms with Crippen molar-refractivity contribution in [2.75, 3.05) is 6.54 Å². The van der Waals surface area contributed by atoms with Crippen molar-refractivity contribution in [2.45, 2.75) is 24.9 Å². The Hall–Kier alpha value is -2.43. The van der Waals surface area contributed by atoms with Gasteiger partial charge in [-0.15, -0.1) is 0 Å². The number of nitrogens with two attached hydrogens (primary N) is 1. The molecule has 0 radical (unpaired) electrons. The maximum absolute atomic E-state index is 5.90. The Bertz CT molecular complexity index is 713. The smallest absolute Gasteiger partial charge is 0.283 e. The first kappa shape index (κ1) is 12.3. The van der Waals surface area contributed by atoms with E-state index in [0.29, 0.717) is 12.6 Å². The second-order valence-corrected chi connectivity index (χ2v) is 5.60. The highest BCUT2D eigenvalue weighted by atomic mass is 16.5. The number of benzene rings is 1. The van der Waals surface area contributed by atoms with Gasteiger partial charge in [0.1, 0.15) is 6.33 Å². The normalized spacial score (nSPS) is 23.5. The summed E-state index contributed by atoms with van der Waals surface area (Å²) in [6.07, 6.45) is 8.32. The molecule has 1 aromatic heterocycles. The molecule has 0 saturated heterocycles. The van der Waals surface area contributed by atoms with E-state index >= 15 is 0 Å². The lowest BCUT2D eigenvalue weighted by molar-refractivity contribution is 0.0639. The molecule has 4 rings (SSSR count). The van der Waals surface area contributed by atoms with Crippen LogP contribution in [0.4, 0.5) is 0 Å². The first-order valence-corrected chi connectivity index (χ1v) is 7.15. The fourth-order valence-corrected chi connectivity index (χ4v) is 3.29. The first-order valence-electron chi connectivity index (χ1n) is 7.15. The molecule has 1 atom stereocenters. The minimum Gasteiger partial charge on any atom is -0.452 e. The molecule has 0 amide bonds. The van der Waals surface area contributed by atoms with Gasteiger partial charge in [0.05, 0.1) is 6.54 Å². The van der Waals surface area contributed by atoms with Crippen LogP contribution >= 0.6 is 0 Å². The summed E-state index contributed by atoms with van der Waals surface area (Å²) in [4.78, 5) is 12.4. The maximum Gasteiger partial charge on any atom is 0.283 e. The quantitative estimate of drug-likeness (QED) is 0.867. The molecule has 1 aliphatic carbocycles. The van der Waals surface area contributed by atoms with Crippen molar-refractivity contribution in [3.05, 3.63) is 48.0 Å². The Balaban J connectivity index is 1.81. The van der Waals surface area contributed by atoms with Gasteiger partial charge in [-0.25, -0.2) is 15.0 Å². The van der Waals surface area contributed by atoms with E-state index in [2.05, 4.69) is 33.2 Å². The molecular weight excluding hydrogens is 264 g/mol. The highest BCUT2D eigenvalue weighted by molar-refractivity contribution is 5.74. The molecule has 0 fully saturated rings. The van der Waals surface area contributed by atoms with Crippen LogP contribution in [0.2, 0.25) is 0 Å². The molecule has 5 heteroatoms. The third kappa shape index (κ3) is 1.96. The highest BCUT2D eigenvalue weighted by Gasteiger charge is 2.42. The van der Waals surface area contributed by atoms with Crippen molar-refractivity contribution in [1.29, 1.82) is 0 Å². The summed E-state index contributed by atoms with van der Waals surface area (Å²) in [5.41, 5.74) is 10.0. The summed E-state index contributed by atoms with van der Waals surface area (Å²) in [6.45, 7) is 0.612. The Morgan fingerprint density at radius 2 is 2.00 bits per heavy atom. The number of amidine groups is 1. The predicted octanol–water partition coefficient (Wildman–Crippen LogP) is 2.02. The van der Waals surface area contributed by atoms with Crippen LogP contribution in [0, 0.1) is 0 Å². The molecule has 21 heavy (non-hydrogen) atoms. The summed E-state index contributed by atoms with van der Waals surface area (Å²) in [7, 11) is 0. The molecule has 0 bridgehead atoms. The zero-order valence-corrected chi connectivity index (χ0v) is 11.6. The Labute approximate surface area is 122 Å². The number of aromatic nitrogens is 2. The van der Waals surface area contributed by atoms with Crippen molar-refractivity contribution < 1.29 is 4.74 Å². The molecule has 2 heterocycles. The van der Waals surface area contributed by atoms with Crippen molar-refractivity contribution >= 4 is 6.02 Å². The molecule has 0 saturated carbocycles. The zero-order chi connectivity index (χ0) is 14.3. The van der Waals surface area contributed by atoms with Crippen molar-refractivity contribution in [3.63, 3.8) is 0 Å². The number of rotatable bonds is 1. The van der Waals surface area contributed by atoms with Crippen molar-refractivity contribution in [2.24, 2.45) is 10.7 Å². The van der Waals surface area contributed by atoms with Gasteiger partial charge in [-0.2, -0.15) is 0 Å². The number of nitrogens with zero attached hydrogens (tertiary/aromatic N) is 3. The number of fused-ring (bicyclic) bond motifs is 2. The Kier molecular flexibility index (Phi) is 2.67. The monoisotopic (exact) mass is 280 g/mol. The van der Waals surface area contributed by atoms with Gasteiger partial charge in [0.2, 0.25) is 0 Å². The molecule has 106 valence electrons. The highest BCUT2D eigenvalue weighted by Crippen LogP contribution is 2.42. The number of hydrogen-bond donors (Lipinski definition) is 1. The van der Waals surface area contributed by atoms with E-state index in [4.69, 9.17) is 10.5 Å². The third-order valence-corrected chi connectivity index (χ3v) is 4.31. The fourth-order valence-electron chi connectivity index (χ4n) is 3.29. The van der Waals surface area contributed by atoms with Crippen molar-refractivity contribution in [3.8, 4) is 11.1 Å². The van der Waals surface area contributed by atoms with E-state index in [-0.39, 0.29) is 5.60 Å². The molecule has 2 aromatic rings. The van der Waals surface area contributed by atoms with E-state index in [9.17, 15) is 0 Å². The SMILES string of the molecule is NC1=NCC2(CCCc3ccc(-c4cncnc4)cc32)O1. The largest absolute Gasteiger partial charge is 0.452 e. The van der Waals surface area contributed by atoms with Gasteiger partial charge >= 0.3 is 0 Å². The van der Waals surface area contributed by atoms with E-state index < -0.39 is 0 Å². The lowest BCUT2D eigenvalue weighted by atomic mass is 9.78. The van der Waals surface area contributed by atoms with Gasteiger partial charge in [0, 0.05) is 23.5 Å². The van der Waals surface area contributed by atoms with Crippen LogP contribution in [0.5, 0.6) is 0 Å². The van der Waals surface area contributed by atoms with Gasteiger partial charge in [0.25, 0.3) is 6.02 Å². The average Bonchev–Trinajstić information content (AvgIpc) is 2.90. The van der Waals surface area contributed by atoms with Gasteiger partial charge in [-0.05, 0) is 36.5 Å². The minimum absolute atomic E-state index is 0.302. The summed E-state index contributed by atoms with van der Waals surface area (Å²) in [5.74, 6) is 0. The fraction of sp³-hybridized carbons (Fsp3) is 0.312. The lowest BCUT2D eigenvalue weighted by Crippen LogP contribution is -2.35. The molecule has 1 unspecified atom stereocenters. The second kappa shape index (κ2) is 4.55. The van der Waals surface area contributed by atoms with Gasteiger partial charge < -0.3 is 10.5 Å². The van der Waals surface area contributed by atoms with Crippen molar-refractivity contribution in [1.82, 2.24) is 9.97 Å². The molecule has 5 nitrogen and oxygen atoms in total. The van der Waals surface area contributed by atoms with E-state index in [1.54, 1.807) is 0 Å². The standard InChI is InChI=1S/C16H16N4O/c17-15-20-9-16(21-15)5-1-2-11-3-4-12(6-14(11)16)13-7-18-10-19-8-13/h3-4,6-8,10H,1-2,5,9H2,(H2,17,20). The molecule has 2 N–H and O–H groups in total. The summed E-state index contributed by atoms with van der Waals surface area (Å²) in [5, 5.41) is 0. The lowest BCUT2D eigenvalue weighted by Gasteiger charge is -2.34. The Morgan fingerprint density at radius 1 is 1.14 bits per heavy atom. The van der Waals surface area contributed by atoms with Crippen LogP contribution in [0.15, 0.2) is 41.9 Å². The van der Waals surface area contributed by atoms with E-state index in [1.165, 1.54) is 17.5 Å². The van der Waals surface area contributed by atoms with Crippen LogP contribution in [0.25, 0.3) is 11.1 Å². The van der Waals surface area contributed by atoms with Gasteiger partial charge in [0.15, 0.2) is 5.60 Å². The molecule has 2 aliphatic rings. The third-order valence-electron chi connectivity index (χ3n) is 4.31. The predicted molar refractivity (Wildman–Crippen MR) is 79.7 cm³/mol. The maximum atomic E-state index is 5.90. The second-order valence-electron chi connectivity index (χ2n) is 5.60. The minimum atomic E-state index is -0.372. The van der Waals surface area contributed by atoms with E-state index in [0.717, 1.165) is 30.4 Å². The summed E-state index contributed by atoms with van der Waals surface area (Å²) >= 11 is 0. The van der Waals surface area contributed by atoms with Crippen LogP contribution in [-0.4, -0.2) is 22.5 Å². The topological polar surface area (TPSA) is 73.4 Å². The molecule has 1 aromatic carbocycles. The number of aryl methyl sites for hydroxylation is 1. The zero-order valence-electron chi connectivity index (χ0n) is 11.6. The van der Waals surface area contributed by atoms with E-state index in [1.807, 2.05) is 12.4 Å². The molecule has 1 spiro atoms. The van der Waals surface area contributed by atoms with Crippen LogP contribution in [0.3, 0.4) is 0 Å². The Morgan fingerprint density at radius 3 is 2.76 bits per heavy atom. The first-order chi connectivity index (χ1) is 10.3. The van der Waals surface area contributed by atoms with Gasteiger partial charge in [-0.1, -0.05) is 12.1 Å². The summed E-state index contributed by atoms with van der Waals surface area (Å²) < 4.78 is 5.90. The average molecular weight is 280 g/mol. The number of hydrogen-bond acceptors (Lipinski definition) is 5. The van der Waals surface area contributed by atoms with Gasteiger partial charge in [-0.3, -0.25) is 0 Å². The summed E-state index contributed by atoms with van der Waals surface area (Å²) in [6, 6.07) is 6.78. The molecular formula is C16H16N4O. The number of aliphatic imine (C=N–C) groups is 1. The number of ether oxygens (including phenoxy) is 1.